The fourth-order valence-corrected chi connectivity index (χ4v) is 3.14. The number of likely N-dealkylation sites (N-methyl/N-ethyl adjacent to an activating group) is 1. The molecule has 1 aromatic carbocycles. The number of hydrogen-bond acceptors (Lipinski definition) is 4. The zero-order valence-corrected chi connectivity index (χ0v) is 11.3. The van der Waals surface area contributed by atoms with Crippen molar-refractivity contribution in [3.63, 3.8) is 0 Å². The van der Waals surface area contributed by atoms with E-state index in [0.29, 0.717) is 11.7 Å². The van der Waals surface area contributed by atoms with Crippen molar-refractivity contribution >= 4 is 15.7 Å². The van der Waals surface area contributed by atoms with Crippen LogP contribution >= 0.6 is 0 Å². The molecule has 3 N–H and O–H groups in total. The van der Waals surface area contributed by atoms with Crippen LogP contribution in [0, 0.1) is 0 Å². The molecule has 1 unspecified atom stereocenters. The molecule has 1 aliphatic heterocycles. The predicted octanol–water partition coefficient (Wildman–Crippen LogP) is 0.522. The molecule has 0 saturated carbocycles. The quantitative estimate of drug-likeness (QED) is 0.835. The van der Waals surface area contributed by atoms with Crippen molar-refractivity contribution in [2.75, 3.05) is 25.0 Å². The Hall–Kier alpha value is -1.11. The van der Waals surface area contributed by atoms with Crippen LogP contribution in [0.1, 0.15) is 12.8 Å². The highest BCUT2D eigenvalue weighted by Crippen LogP contribution is 2.23. The summed E-state index contributed by atoms with van der Waals surface area (Å²) >= 11 is 0. The van der Waals surface area contributed by atoms with Gasteiger partial charge in [-0.3, -0.25) is 0 Å². The Balaban J connectivity index is 2.21. The molecule has 0 aliphatic carbocycles. The van der Waals surface area contributed by atoms with Crippen LogP contribution in [0.15, 0.2) is 29.2 Å². The van der Waals surface area contributed by atoms with Crippen molar-refractivity contribution in [2.24, 2.45) is 5.14 Å². The molecule has 0 bridgehead atoms. The Morgan fingerprint density at radius 3 is 2.78 bits per heavy atom. The first-order valence-electron chi connectivity index (χ1n) is 6.05. The first-order valence-corrected chi connectivity index (χ1v) is 7.59. The minimum atomic E-state index is -3.67. The number of hydrogen-bond donors (Lipinski definition) is 2. The number of nitrogens with one attached hydrogen (secondary N) is 1. The highest BCUT2D eigenvalue weighted by atomic mass is 32.2. The van der Waals surface area contributed by atoms with Gasteiger partial charge in [-0.2, -0.15) is 0 Å². The van der Waals surface area contributed by atoms with Crippen molar-refractivity contribution < 1.29 is 8.42 Å². The maximum atomic E-state index is 11.5. The summed E-state index contributed by atoms with van der Waals surface area (Å²) in [4.78, 5) is 2.13. The molecular formula is C12H19N3O2S. The molecule has 2 rings (SSSR count). The van der Waals surface area contributed by atoms with E-state index in [9.17, 15) is 8.42 Å². The summed E-state index contributed by atoms with van der Waals surface area (Å²) in [5, 5.41) is 8.63. The van der Waals surface area contributed by atoms with Gasteiger partial charge < -0.3 is 10.2 Å². The lowest BCUT2D eigenvalue weighted by Crippen LogP contribution is -2.36. The largest absolute Gasteiger partial charge is 0.372 e. The zero-order chi connectivity index (χ0) is 13.2. The molecule has 0 aromatic heterocycles. The minimum Gasteiger partial charge on any atom is -0.372 e. The van der Waals surface area contributed by atoms with E-state index in [1.54, 1.807) is 18.2 Å². The zero-order valence-electron chi connectivity index (χ0n) is 10.5. The van der Waals surface area contributed by atoms with E-state index in [1.807, 2.05) is 18.0 Å². The van der Waals surface area contributed by atoms with Gasteiger partial charge in [-0.05, 0) is 31.5 Å². The van der Waals surface area contributed by atoms with Crippen LogP contribution < -0.4 is 15.4 Å². The lowest BCUT2D eigenvalue weighted by atomic mass is 10.2. The SMILES string of the molecule is CN(CC1CCCN1)c1ccccc1S(N)(=O)=O. The first-order chi connectivity index (χ1) is 8.48. The maximum absolute atomic E-state index is 11.5. The Bertz CT molecular complexity index is 510. The standard InChI is InChI=1S/C12H19N3O2S/c1-15(9-10-5-4-8-14-10)11-6-2-3-7-12(11)18(13,16)17/h2-3,6-7,10,14H,4-5,8-9H2,1H3,(H2,13,16,17). The normalized spacial score (nSPS) is 20.0. The summed E-state index contributed by atoms with van der Waals surface area (Å²) in [6, 6.07) is 7.26. The number of benzene rings is 1. The third-order valence-corrected chi connectivity index (χ3v) is 4.20. The van der Waals surface area contributed by atoms with Crippen LogP contribution in [0.5, 0.6) is 0 Å². The smallest absolute Gasteiger partial charge is 0.240 e. The van der Waals surface area contributed by atoms with Gasteiger partial charge in [0.1, 0.15) is 4.90 Å². The Morgan fingerprint density at radius 1 is 1.44 bits per heavy atom. The third kappa shape index (κ3) is 3.01. The van der Waals surface area contributed by atoms with Crippen molar-refractivity contribution in [1.82, 2.24) is 5.32 Å². The number of para-hydroxylation sites is 1. The molecule has 0 radical (unpaired) electrons. The van der Waals surface area contributed by atoms with Crippen LogP contribution in [0.3, 0.4) is 0 Å². The molecule has 0 spiro atoms. The molecule has 6 heteroatoms. The summed E-state index contributed by atoms with van der Waals surface area (Å²) in [6.45, 7) is 1.82. The second-order valence-electron chi connectivity index (χ2n) is 4.69. The van der Waals surface area contributed by atoms with Crippen LogP contribution in [0.4, 0.5) is 5.69 Å². The Labute approximate surface area is 108 Å². The number of rotatable bonds is 4. The summed E-state index contributed by atoms with van der Waals surface area (Å²) in [7, 11) is -1.78. The number of primary sulfonamides is 1. The lowest BCUT2D eigenvalue weighted by molar-refractivity contribution is 0.590. The fourth-order valence-electron chi connectivity index (χ4n) is 2.35. The number of anilines is 1. The highest BCUT2D eigenvalue weighted by Gasteiger charge is 2.20. The summed E-state index contributed by atoms with van der Waals surface area (Å²) in [6.07, 6.45) is 2.30. The van der Waals surface area contributed by atoms with E-state index in [4.69, 9.17) is 5.14 Å². The van der Waals surface area contributed by atoms with Crippen molar-refractivity contribution in [3.8, 4) is 0 Å². The second-order valence-corrected chi connectivity index (χ2v) is 6.22. The monoisotopic (exact) mass is 269 g/mol. The molecular weight excluding hydrogens is 250 g/mol. The van der Waals surface area contributed by atoms with E-state index in [-0.39, 0.29) is 4.90 Å². The van der Waals surface area contributed by atoms with Crippen molar-refractivity contribution in [1.29, 1.82) is 0 Å². The van der Waals surface area contributed by atoms with Crippen LogP contribution in [0.25, 0.3) is 0 Å². The van der Waals surface area contributed by atoms with Gasteiger partial charge in [0.2, 0.25) is 10.0 Å². The van der Waals surface area contributed by atoms with E-state index >= 15 is 0 Å². The molecule has 1 fully saturated rings. The van der Waals surface area contributed by atoms with Gasteiger partial charge in [-0.1, -0.05) is 12.1 Å². The van der Waals surface area contributed by atoms with Crippen LogP contribution in [0.2, 0.25) is 0 Å². The molecule has 1 aromatic rings. The van der Waals surface area contributed by atoms with E-state index in [2.05, 4.69) is 5.32 Å². The van der Waals surface area contributed by atoms with Crippen LogP contribution in [-0.4, -0.2) is 34.6 Å². The molecule has 1 atom stereocenters. The van der Waals surface area contributed by atoms with Gasteiger partial charge in [0.05, 0.1) is 5.69 Å². The van der Waals surface area contributed by atoms with Crippen molar-refractivity contribution in [3.05, 3.63) is 24.3 Å². The molecule has 1 heterocycles. The topological polar surface area (TPSA) is 75.4 Å². The van der Waals surface area contributed by atoms with Crippen molar-refractivity contribution in [2.45, 2.75) is 23.8 Å². The fraction of sp³-hybridized carbons (Fsp3) is 0.500. The lowest BCUT2D eigenvalue weighted by Gasteiger charge is -2.24. The van der Waals surface area contributed by atoms with Crippen LogP contribution in [-0.2, 0) is 10.0 Å². The minimum absolute atomic E-state index is 0.186. The van der Waals surface area contributed by atoms with E-state index in [1.165, 1.54) is 6.42 Å². The number of nitrogens with two attached hydrogens (primary N) is 1. The summed E-state index contributed by atoms with van der Waals surface area (Å²) in [5.74, 6) is 0. The first kappa shape index (κ1) is 13.3. The van der Waals surface area contributed by atoms with Gasteiger partial charge in [0.15, 0.2) is 0 Å². The summed E-state index contributed by atoms with van der Waals surface area (Å²) < 4.78 is 23.1. The van der Waals surface area contributed by atoms with Gasteiger partial charge >= 0.3 is 0 Å². The maximum Gasteiger partial charge on any atom is 0.240 e. The molecule has 1 aliphatic rings. The van der Waals surface area contributed by atoms with E-state index < -0.39 is 10.0 Å². The third-order valence-electron chi connectivity index (χ3n) is 3.24. The van der Waals surface area contributed by atoms with Gasteiger partial charge in [-0.15, -0.1) is 0 Å². The Morgan fingerprint density at radius 2 is 2.17 bits per heavy atom. The average Bonchev–Trinajstić information content (AvgIpc) is 2.80. The van der Waals surface area contributed by atoms with Gasteiger partial charge in [0.25, 0.3) is 0 Å². The van der Waals surface area contributed by atoms with Gasteiger partial charge in [0, 0.05) is 19.6 Å². The molecule has 0 amide bonds. The second kappa shape index (κ2) is 5.26. The van der Waals surface area contributed by atoms with E-state index in [0.717, 1.165) is 19.5 Å². The average molecular weight is 269 g/mol. The molecule has 5 nitrogen and oxygen atoms in total. The summed E-state index contributed by atoms with van der Waals surface area (Å²) in [5.41, 5.74) is 0.661. The predicted molar refractivity (Wildman–Crippen MR) is 72.1 cm³/mol. The number of sulfonamides is 1. The molecule has 18 heavy (non-hydrogen) atoms. The molecule has 1 saturated heterocycles. The molecule has 100 valence electrons. The Kier molecular flexibility index (Phi) is 3.89. The highest BCUT2D eigenvalue weighted by molar-refractivity contribution is 7.89. The number of nitrogens with zero attached hydrogens (tertiary/aromatic N) is 1. The van der Waals surface area contributed by atoms with Gasteiger partial charge in [-0.25, -0.2) is 13.6 Å².